The van der Waals surface area contributed by atoms with E-state index in [9.17, 15) is 0 Å². The highest BCUT2D eigenvalue weighted by molar-refractivity contribution is 7.07. The minimum atomic E-state index is 0.611. The molecule has 0 N–H and O–H groups in total. The molecule has 3 heteroatoms. The average Bonchev–Trinajstić information content (AvgIpc) is 2.54. The summed E-state index contributed by atoms with van der Waals surface area (Å²) in [7, 11) is 0. The summed E-state index contributed by atoms with van der Waals surface area (Å²) in [5.41, 5.74) is 5.13. The van der Waals surface area contributed by atoms with Crippen LogP contribution >= 0.6 is 11.3 Å². The van der Waals surface area contributed by atoms with Gasteiger partial charge in [-0.15, -0.1) is 11.3 Å². The molecule has 2 aromatic rings. The molecular formula is C11H10NOS. The van der Waals surface area contributed by atoms with Gasteiger partial charge in [-0.1, -0.05) is 6.07 Å². The molecule has 1 heterocycles. The van der Waals surface area contributed by atoms with Crippen molar-refractivity contribution in [3.05, 3.63) is 40.2 Å². The van der Waals surface area contributed by atoms with Gasteiger partial charge in [-0.25, -0.2) is 0 Å². The fraction of sp³-hybridized carbons (Fsp3) is 0.182. The van der Waals surface area contributed by atoms with Gasteiger partial charge < -0.3 is 4.74 Å². The molecule has 0 atom stereocenters. The number of aromatic nitrogens is 1. The summed E-state index contributed by atoms with van der Waals surface area (Å²) < 4.78 is 5.55. The molecule has 71 valence electrons. The molecule has 0 aliphatic carbocycles. The van der Waals surface area contributed by atoms with Gasteiger partial charge in [0.2, 0.25) is 5.88 Å². The van der Waals surface area contributed by atoms with Crippen LogP contribution in [0.2, 0.25) is 0 Å². The molecule has 2 rings (SSSR count). The van der Waals surface area contributed by atoms with E-state index in [-0.39, 0.29) is 0 Å². The molecule has 1 radical (unpaired) electrons. The van der Waals surface area contributed by atoms with Gasteiger partial charge in [-0.05, 0) is 37.1 Å². The summed E-state index contributed by atoms with van der Waals surface area (Å²) >= 11 is 1.41. The fourth-order valence-corrected chi connectivity index (χ4v) is 1.73. The van der Waals surface area contributed by atoms with Gasteiger partial charge >= 0.3 is 0 Å². The lowest BCUT2D eigenvalue weighted by molar-refractivity contribution is 0.465. The number of aryl methyl sites for hydroxylation is 2. The van der Waals surface area contributed by atoms with Gasteiger partial charge in [0.25, 0.3) is 0 Å². The maximum Gasteiger partial charge on any atom is 0.230 e. The van der Waals surface area contributed by atoms with Crippen molar-refractivity contribution >= 4 is 11.3 Å². The number of hydrogen-bond donors (Lipinski definition) is 0. The fourth-order valence-electron chi connectivity index (χ4n) is 1.33. The van der Waals surface area contributed by atoms with Crippen molar-refractivity contribution in [1.82, 2.24) is 4.98 Å². The average molecular weight is 204 g/mol. The summed E-state index contributed by atoms with van der Waals surface area (Å²) in [4.78, 5) is 3.94. The van der Waals surface area contributed by atoms with Crippen LogP contribution in [0.3, 0.4) is 0 Å². The summed E-state index contributed by atoms with van der Waals surface area (Å²) in [5, 5.41) is 1.83. The molecule has 0 saturated heterocycles. The Hall–Kier alpha value is -1.35. The Morgan fingerprint density at radius 2 is 1.93 bits per heavy atom. The molecule has 2 nitrogen and oxygen atoms in total. The van der Waals surface area contributed by atoms with Crippen LogP contribution in [-0.4, -0.2) is 4.98 Å². The van der Waals surface area contributed by atoms with E-state index in [1.165, 1.54) is 22.5 Å². The first-order chi connectivity index (χ1) is 6.74. The Morgan fingerprint density at radius 1 is 1.21 bits per heavy atom. The first kappa shape index (κ1) is 9.21. The van der Waals surface area contributed by atoms with Crippen LogP contribution in [0.5, 0.6) is 11.6 Å². The van der Waals surface area contributed by atoms with Crippen LogP contribution in [0.15, 0.2) is 23.6 Å². The van der Waals surface area contributed by atoms with Crippen LogP contribution < -0.4 is 4.74 Å². The Labute approximate surface area is 87.2 Å². The maximum absolute atomic E-state index is 5.55. The first-order valence-electron chi connectivity index (χ1n) is 4.32. The number of nitrogens with zero attached hydrogens (tertiary/aromatic N) is 1. The van der Waals surface area contributed by atoms with Crippen LogP contribution in [0, 0.1) is 19.4 Å². The van der Waals surface area contributed by atoms with E-state index in [1.807, 2.05) is 31.4 Å². The second-order valence-electron chi connectivity index (χ2n) is 3.20. The van der Waals surface area contributed by atoms with Gasteiger partial charge in [0.1, 0.15) is 5.75 Å². The highest BCUT2D eigenvalue weighted by Crippen LogP contribution is 2.22. The summed E-state index contributed by atoms with van der Waals surface area (Å²) in [6.45, 7) is 4.10. The highest BCUT2D eigenvalue weighted by Gasteiger charge is 2.00. The normalized spacial score (nSPS) is 10.1. The van der Waals surface area contributed by atoms with Crippen molar-refractivity contribution in [2.45, 2.75) is 13.8 Å². The van der Waals surface area contributed by atoms with E-state index < -0.39 is 0 Å². The van der Waals surface area contributed by atoms with Crippen molar-refractivity contribution in [2.24, 2.45) is 0 Å². The van der Waals surface area contributed by atoms with Gasteiger partial charge in [0.05, 0.1) is 5.38 Å². The maximum atomic E-state index is 5.55. The molecule has 0 aliphatic rings. The smallest absolute Gasteiger partial charge is 0.230 e. The lowest BCUT2D eigenvalue weighted by Gasteiger charge is -2.04. The molecule has 0 fully saturated rings. The predicted octanol–water partition coefficient (Wildman–Crippen LogP) is 3.35. The van der Waals surface area contributed by atoms with Crippen molar-refractivity contribution in [3.8, 4) is 11.6 Å². The van der Waals surface area contributed by atoms with E-state index in [4.69, 9.17) is 4.74 Å². The SMILES string of the molecule is Cc1cc(C)cc(Oc2cs[c]n2)c1. The minimum Gasteiger partial charge on any atom is -0.438 e. The van der Waals surface area contributed by atoms with E-state index >= 15 is 0 Å². The van der Waals surface area contributed by atoms with Crippen LogP contribution in [0.4, 0.5) is 0 Å². The molecule has 0 spiro atoms. The van der Waals surface area contributed by atoms with Crippen LogP contribution in [0.1, 0.15) is 11.1 Å². The van der Waals surface area contributed by atoms with Crippen molar-refractivity contribution in [3.63, 3.8) is 0 Å². The zero-order valence-corrected chi connectivity index (χ0v) is 8.89. The summed E-state index contributed by atoms with van der Waals surface area (Å²) in [6.07, 6.45) is 0. The number of thiazole rings is 1. The van der Waals surface area contributed by atoms with Crippen LogP contribution in [0.25, 0.3) is 0 Å². The molecule has 0 bridgehead atoms. The van der Waals surface area contributed by atoms with E-state index in [2.05, 4.69) is 16.6 Å². The van der Waals surface area contributed by atoms with Gasteiger partial charge in [0, 0.05) is 0 Å². The predicted molar refractivity (Wildman–Crippen MR) is 56.9 cm³/mol. The van der Waals surface area contributed by atoms with Crippen molar-refractivity contribution < 1.29 is 4.74 Å². The molecule has 14 heavy (non-hydrogen) atoms. The zero-order valence-electron chi connectivity index (χ0n) is 8.07. The molecule has 0 amide bonds. The Bertz CT molecular complexity index is 403. The summed E-state index contributed by atoms with van der Waals surface area (Å²) in [5.74, 6) is 1.45. The second kappa shape index (κ2) is 3.80. The lowest BCUT2D eigenvalue weighted by Crippen LogP contribution is -1.86. The van der Waals surface area contributed by atoms with E-state index in [0.29, 0.717) is 5.88 Å². The monoisotopic (exact) mass is 204 g/mol. The molecule has 0 saturated carbocycles. The third kappa shape index (κ3) is 2.12. The highest BCUT2D eigenvalue weighted by atomic mass is 32.1. The third-order valence-corrected chi connectivity index (χ3v) is 2.30. The van der Waals surface area contributed by atoms with Gasteiger partial charge in [-0.3, -0.25) is 0 Å². The van der Waals surface area contributed by atoms with Gasteiger partial charge in [0.15, 0.2) is 5.51 Å². The summed E-state index contributed by atoms with van der Waals surface area (Å²) in [6, 6.07) is 6.10. The first-order valence-corrected chi connectivity index (χ1v) is 5.20. The van der Waals surface area contributed by atoms with Crippen molar-refractivity contribution in [1.29, 1.82) is 0 Å². The number of rotatable bonds is 2. The molecular weight excluding hydrogens is 194 g/mol. The topological polar surface area (TPSA) is 22.1 Å². The molecule has 1 aromatic heterocycles. The zero-order chi connectivity index (χ0) is 9.97. The molecule has 1 aromatic carbocycles. The standard InChI is InChI=1S/C11H10NOS/c1-8-3-9(2)5-10(4-8)13-11-6-14-7-12-11/h3-6H,1-2H3. The van der Waals surface area contributed by atoms with E-state index in [0.717, 1.165) is 5.75 Å². The largest absolute Gasteiger partial charge is 0.438 e. The Morgan fingerprint density at radius 3 is 2.50 bits per heavy atom. The van der Waals surface area contributed by atoms with E-state index in [1.54, 1.807) is 0 Å². The van der Waals surface area contributed by atoms with Crippen molar-refractivity contribution in [2.75, 3.05) is 0 Å². The minimum absolute atomic E-state index is 0.611. The number of benzene rings is 1. The lowest BCUT2D eigenvalue weighted by atomic mass is 10.1. The molecule has 0 unspecified atom stereocenters. The Kier molecular flexibility index (Phi) is 2.50. The second-order valence-corrected chi connectivity index (χ2v) is 3.86. The van der Waals surface area contributed by atoms with Crippen LogP contribution in [-0.2, 0) is 0 Å². The number of ether oxygens (including phenoxy) is 1. The quantitative estimate of drug-likeness (QED) is 0.748. The Balaban J connectivity index is 2.25. The third-order valence-electron chi connectivity index (χ3n) is 1.79. The van der Waals surface area contributed by atoms with Gasteiger partial charge in [-0.2, -0.15) is 4.98 Å². The number of hydrogen-bond acceptors (Lipinski definition) is 3. The molecule has 0 aliphatic heterocycles.